The predicted molar refractivity (Wildman–Crippen MR) is 187 cm³/mol. The van der Waals surface area contributed by atoms with Crippen molar-refractivity contribution in [3.05, 3.63) is 40.7 Å². The number of halogens is 2. The number of furan rings is 1. The van der Waals surface area contributed by atoms with Gasteiger partial charge < -0.3 is 33.7 Å². The van der Waals surface area contributed by atoms with E-state index in [9.17, 15) is 19.6 Å². The maximum absolute atomic E-state index is 17.6. The quantitative estimate of drug-likeness (QED) is 0.189. The largest absolute Gasteiger partial charge is 0.465 e. The maximum Gasteiger partial charge on any atom is 0.407 e. The molecule has 4 saturated heterocycles. The number of hydrogen-bond donors (Lipinski definition) is 1. The molecule has 13 nitrogen and oxygen atoms in total. The van der Waals surface area contributed by atoms with Gasteiger partial charge in [0.05, 0.1) is 30.5 Å². The lowest BCUT2D eigenvalue weighted by atomic mass is 9.90. The zero-order valence-electron chi connectivity index (χ0n) is 28.9. The van der Waals surface area contributed by atoms with E-state index in [1.807, 2.05) is 0 Å². The first-order valence-corrected chi connectivity index (χ1v) is 17.7. The minimum Gasteiger partial charge on any atom is -0.465 e. The van der Waals surface area contributed by atoms with Gasteiger partial charge in [-0.2, -0.15) is 15.2 Å². The van der Waals surface area contributed by atoms with E-state index in [2.05, 4.69) is 20.9 Å². The molecule has 1 amide bonds. The van der Waals surface area contributed by atoms with Crippen LogP contribution in [0, 0.1) is 17.1 Å². The number of nitrogens with zero attached hydrogens (tertiary/aromatic N) is 8. The van der Waals surface area contributed by atoms with Crippen molar-refractivity contribution in [3.63, 3.8) is 0 Å². The van der Waals surface area contributed by atoms with Crippen LogP contribution in [0.15, 0.2) is 27.6 Å². The molecule has 52 heavy (non-hydrogen) atoms. The van der Waals surface area contributed by atoms with Crippen LogP contribution in [0.2, 0.25) is 0 Å². The first-order chi connectivity index (χ1) is 25.2. The van der Waals surface area contributed by atoms with Crippen molar-refractivity contribution in [3.8, 4) is 23.2 Å². The molecule has 0 saturated carbocycles. The summed E-state index contributed by atoms with van der Waals surface area (Å²) in [5, 5.41) is 21.1. The summed E-state index contributed by atoms with van der Waals surface area (Å²) in [6.45, 7) is 2.21. The molecule has 5 aliphatic rings. The summed E-state index contributed by atoms with van der Waals surface area (Å²) in [5.41, 5.74) is 2.18. The highest BCUT2D eigenvalue weighted by atomic mass is 19.1. The number of aromatic nitrogens is 2. The van der Waals surface area contributed by atoms with Crippen molar-refractivity contribution in [2.24, 2.45) is 4.99 Å². The molecule has 4 fully saturated rings. The van der Waals surface area contributed by atoms with Crippen LogP contribution in [-0.4, -0.2) is 113 Å². The lowest BCUT2D eigenvalue weighted by molar-refractivity contribution is 0.107. The summed E-state index contributed by atoms with van der Waals surface area (Å²) in [7, 11) is 3.61. The van der Waals surface area contributed by atoms with Crippen LogP contribution in [-0.2, 0) is 18.0 Å². The zero-order chi connectivity index (χ0) is 35.9. The Morgan fingerprint density at radius 1 is 1.19 bits per heavy atom. The van der Waals surface area contributed by atoms with Gasteiger partial charge in [0.25, 0.3) is 0 Å². The molecular formula is C37H38F2N8O5. The Balaban J connectivity index is 1.24. The van der Waals surface area contributed by atoms with E-state index >= 15 is 4.39 Å². The number of fused-ring (bicyclic) bond motifs is 7. The van der Waals surface area contributed by atoms with Crippen LogP contribution >= 0.6 is 0 Å². The molecule has 0 radical (unpaired) electrons. The first kappa shape index (κ1) is 32.8. The maximum atomic E-state index is 17.6. The van der Waals surface area contributed by atoms with Crippen LogP contribution in [0.4, 0.5) is 25.3 Å². The van der Waals surface area contributed by atoms with Crippen LogP contribution in [0.25, 0.3) is 33.0 Å². The number of piperazine rings is 1. The van der Waals surface area contributed by atoms with Gasteiger partial charge in [-0.05, 0) is 55.0 Å². The van der Waals surface area contributed by atoms with Gasteiger partial charge in [0.15, 0.2) is 5.82 Å². The molecular weight excluding hydrogens is 674 g/mol. The minimum absolute atomic E-state index is 0.0191. The number of ether oxygens (including phenoxy) is 2. The van der Waals surface area contributed by atoms with Crippen LogP contribution in [0.5, 0.6) is 6.01 Å². The summed E-state index contributed by atoms with van der Waals surface area (Å²) in [6.07, 6.45) is 3.21. The Morgan fingerprint density at radius 2 is 1.98 bits per heavy atom. The van der Waals surface area contributed by atoms with E-state index in [0.29, 0.717) is 59.4 Å². The normalized spacial score (nSPS) is 25.4. The number of carboxylic acid groups (broad SMARTS) is 1. The van der Waals surface area contributed by atoms with Crippen molar-refractivity contribution < 1.29 is 32.6 Å². The lowest BCUT2D eigenvalue weighted by Crippen LogP contribution is -2.55. The van der Waals surface area contributed by atoms with E-state index in [1.165, 1.54) is 11.2 Å². The Labute approximate surface area is 298 Å². The fraction of sp³-hybridized carbons (Fsp3) is 0.486. The van der Waals surface area contributed by atoms with Gasteiger partial charge in [-0.1, -0.05) is 12.1 Å². The number of nitriles is 1. The number of benzene rings is 2. The molecule has 2 aromatic carbocycles. The Hall–Kier alpha value is -5.07. The second kappa shape index (κ2) is 12.3. The third kappa shape index (κ3) is 5.06. The van der Waals surface area contributed by atoms with Crippen LogP contribution in [0.1, 0.15) is 48.8 Å². The molecule has 0 spiro atoms. The molecule has 270 valence electrons. The summed E-state index contributed by atoms with van der Waals surface area (Å²) < 4.78 is 50.7. The van der Waals surface area contributed by atoms with Crippen molar-refractivity contribution in [1.82, 2.24) is 24.7 Å². The standard InChI is InChI=1S/C37H38F2N8O5/c1-44(2)19-41-34-24(12-40)28-23(5-3-6-27(28)52-34)29-25-16-50-17-26(25)30-32(31(29)39)42-35(51-18-37-9-4-10-46(37)13-20(38)11-37)43-33(30)47-21-7-8-22(47)15-45(14-21)36(48)49/h3,5-6,19-22H,4,7-11,13-18H2,1-2H3,(H,48,49)/t20-,21?,22?,37+/m1/s1. The van der Waals surface area contributed by atoms with Crippen molar-refractivity contribution in [2.45, 2.75) is 69.1 Å². The molecule has 15 heteroatoms. The van der Waals surface area contributed by atoms with Gasteiger partial charge in [-0.25, -0.2) is 18.6 Å². The summed E-state index contributed by atoms with van der Waals surface area (Å²) in [6, 6.07) is 7.08. The second-order valence-electron chi connectivity index (χ2n) is 14.8. The average molecular weight is 713 g/mol. The monoisotopic (exact) mass is 712 g/mol. The van der Waals surface area contributed by atoms with Gasteiger partial charge in [0, 0.05) is 63.2 Å². The van der Waals surface area contributed by atoms with E-state index in [1.54, 1.807) is 37.2 Å². The Bertz CT molecular complexity index is 2190. The summed E-state index contributed by atoms with van der Waals surface area (Å²) >= 11 is 0. The number of hydrogen-bond acceptors (Lipinski definition) is 10. The number of likely N-dealkylation sites (tertiary alicyclic amines) is 1. The van der Waals surface area contributed by atoms with Crippen LogP contribution < -0.4 is 9.64 Å². The summed E-state index contributed by atoms with van der Waals surface area (Å²) in [5.74, 6) is -0.0165. The van der Waals surface area contributed by atoms with E-state index in [-0.39, 0.29) is 60.4 Å². The first-order valence-electron chi connectivity index (χ1n) is 17.7. The highest BCUT2D eigenvalue weighted by Crippen LogP contribution is 2.48. The van der Waals surface area contributed by atoms with Gasteiger partial charge in [-0.3, -0.25) is 4.90 Å². The zero-order valence-corrected chi connectivity index (χ0v) is 28.9. The Kier molecular flexibility index (Phi) is 7.74. The molecule has 0 aliphatic carbocycles. The van der Waals surface area contributed by atoms with E-state index in [4.69, 9.17) is 23.9 Å². The molecule has 4 aromatic rings. The third-order valence-corrected chi connectivity index (χ3v) is 11.5. The van der Waals surface area contributed by atoms with Gasteiger partial charge >= 0.3 is 12.1 Å². The number of anilines is 1. The highest BCUT2D eigenvalue weighted by molar-refractivity contribution is 6.05. The molecule has 4 atom stereocenters. The van der Waals surface area contributed by atoms with Gasteiger partial charge in [0.2, 0.25) is 5.88 Å². The average Bonchev–Trinajstić information content (AvgIpc) is 3.93. The third-order valence-electron chi connectivity index (χ3n) is 11.5. The highest BCUT2D eigenvalue weighted by Gasteiger charge is 2.50. The molecule has 5 aliphatic heterocycles. The van der Waals surface area contributed by atoms with Crippen molar-refractivity contribution in [1.29, 1.82) is 5.26 Å². The molecule has 2 aromatic heterocycles. The fourth-order valence-electron chi connectivity index (χ4n) is 9.28. The van der Waals surface area contributed by atoms with Crippen molar-refractivity contribution >= 4 is 46.0 Å². The number of aliphatic imine (C=N–C) groups is 1. The fourth-order valence-corrected chi connectivity index (χ4v) is 9.28. The minimum atomic E-state index is -0.970. The smallest absolute Gasteiger partial charge is 0.407 e. The Morgan fingerprint density at radius 3 is 2.73 bits per heavy atom. The SMILES string of the molecule is CN(C)C=Nc1oc2cccc(-c3c4c(c5c(N6C7CCC6CN(C(=O)O)C7)nc(OC[C@@]67CCCN6C[C@H](F)C7)nc5c3F)COC4)c2c1C#N. The predicted octanol–water partition coefficient (Wildman–Crippen LogP) is 5.59. The van der Waals surface area contributed by atoms with Gasteiger partial charge in [-0.15, -0.1) is 0 Å². The summed E-state index contributed by atoms with van der Waals surface area (Å²) in [4.78, 5) is 33.5. The van der Waals surface area contributed by atoms with Crippen LogP contribution in [0.3, 0.4) is 0 Å². The van der Waals surface area contributed by atoms with E-state index < -0.39 is 23.6 Å². The van der Waals surface area contributed by atoms with Crippen molar-refractivity contribution in [2.75, 3.05) is 51.8 Å². The van der Waals surface area contributed by atoms with Gasteiger partial charge in [0.1, 0.15) is 41.3 Å². The molecule has 1 N–H and O–H groups in total. The molecule has 9 rings (SSSR count). The molecule has 2 unspecified atom stereocenters. The molecule has 2 bridgehead atoms. The molecule has 7 heterocycles. The second-order valence-corrected chi connectivity index (χ2v) is 14.8. The number of rotatable bonds is 7. The van der Waals surface area contributed by atoms with E-state index in [0.717, 1.165) is 37.8 Å². The number of alkyl halides is 1. The number of amides is 1. The topological polar surface area (TPSA) is 144 Å². The number of carbonyl (C=O) groups is 1. The lowest BCUT2D eigenvalue weighted by Gasteiger charge is -2.41.